The molecule has 0 saturated heterocycles. The third-order valence-corrected chi connectivity index (χ3v) is 5.58. The summed E-state index contributed by atoms with van der Waals surface area (Å²) < 4.78 is 33.6. The summed E-state index contributed by atoms with van der Waals surface area (Å²) in [4.78, 5) is 0. The highest BCUT2D eigenvalue weighted by Gasteiger charge is 2.27. The fraction of sp³-hybridized carbons (Fsp3) is 0.562. The lowest BCUT2D eigenvalue weighted by Crippen LogP contribution is -2.46. The van der Waals surface area contributed by atoms with Gasteiger partial charge in [-0.05, 0) is 24.6 Å². The zero-order valence-corrected chi connectivity index (χ0v) is 15.1. The molecule has 0 amide bonds. The van der Waals surface area contributed by atoms with Crippen LogP contribution in [0.2, 0.25) is 0 Å². The Bertz CT molecular complexity index is 648. The smallest absolute Gasteiger partial charge is 0.279 e. The van der Waals surface area contributed by atoms with E-state index < -0.39 is 10.2 Å². The lowest BCUT2D eigenvalue weighted by atomic mass is 9.85. The van der Waals surface area contributed by atoms with E-state index in [0.29, 0.717) is 0 Å². The van der Waals surface area contributed by atoms with Crippen LogP contribution in [0.25, 0.3) is 0 Å². The minimum absolute atomic E-state index is 0.152. The summed E-state index contributed by atoms with van der Waals surface area (Å²) in [6, 6.07) is 9.17. The lowest BCUT2D eigenvalue weighted by Gasteiger charge is -2.28. The molecule has 0 heterocycles. The molecule has 0 aromatic heterocycles. The summed E-state index contributed by atoms with van der Waals surface area (Å²) in [6.45, 7) is 5.90. The van der Waals surface area contributed by atoms with Gasteiger partial charge in [-0.3, -0.25) is 0 Å². The Labute approximate surface area is 139 Å². The number of nitrogens with zero attached hydrogens (tertiary/aromatic N) is 2. The summed E-state index contributed by atoms with van der Waals surface area (Å²) in [5.41, 5.74) is 0.632. The van der Waals surface area contributed by atoms with Crippen molar-refractivity contribution in [2.45, 2.75) is 38.6 Å². The molecule has 0 radical (unpaired) electrons. The standard InChI is InChI=1S/C16H25N3O3S/c1-13(10-11-17)19(4)23(20,21)18-12-16(2,3)14-6-8-15(22-5)9-7-14/h6-9,13,18H,10,12H2,1-5H3/t13-/m0/s1. The molecule has 0 saturated carbocycles. The van der Waals surface area contributed by atoms with Crippen LogP contribution >= 0.6 is 0 Å². The second-order valence-corrected chi connectivity index (χ2v) is 7.98. The molecule has 1 N–H and O–H groups in total. The molecule has 128 valence electrons. The Hall–Kier alpha value is -1.62. The first-order valence-corrected chi connectivity index (χ1v) is 8.82. The summed E-state index contributed by atoms with van der Waals surface area (Å²) in [6.07, 6.45) is 0.152. The third kappa shape index (κ3) is 5.20. The monoisotopic (exact) mass is 339 g/mol. The largest absolute Gasteiger partial charge is 0.497 e. The van der Waals surface area contributed by atoms with Crippen LogP contribution in [0.1, 0.15) is 32.8 Å². The average molecular weight is 339 g/mol. The first kappa shape index (κ1) is 19.4. The van der Waals surface area contributed by atoms with Gasteiger partial charge in [-0.25, -0.2) is 4.72 Å². The van der Waals surface area contributed by atoms with Gasteiger partial charge in [0.25, 0.3) is 10.2 Å². The van der Waals surface area contributed by atoms with E-state index in [9.17, 15) is 8.42 Å². The number of methoxy groups -OCH3 is 1. The van der Waals surface area contributed by atoms with Crippen LogP contribution in [-0.2, 0) is 15.6 Å². The van der Waals surface area contributed by atoms with Crippen LogP contribution in [-0.4, -0.2) is 39.5 Å². The van der Waals surface area contributed by atoms with E-state index in [-0.39, 0.29) is 24.4 Å². The number of hydrogen-bond acceptors (Lipinski definition) is 4. The Morgan fingerprint density at radius 2 is 1.91 bits per heavy atom. The minimum Gasteiger partial charge on any atom is -0.497 e. The highest BCUT2D eigenvalue weighted by Crippen LogP contribution is 2.25. The maximum atomic E-state index is 12.3. The van der Waals surface area contributed by atoms with Crippen molar-refractivity contribution < 1.29 is 13.2 Å². The summed E-state index contributed by atoms with van der Waals surface area (Å²) in [5, 5.41) is 8.70. The van der Waals surface area contributed by atoms with Crippen molar-refractivity contribution in [2.24, 2.45) is 0 Å². The molecule has 6 nitrogen and oxygen atoms in total. The second-order valence-electron chi connectivity index (χ2n) is 6.17. The number of nitrogens with one attached hydrogen (secondary N) is 1. The highest BCUT2D eigenvalue weighted by atomic mass is 32.2. The Kier molecular flexibility index (Phi) is 6.57. The highest BCUT2D eigenvalue weighted by molar-refractivity contribution is 7.87. The topological polar surface area (TPSA) is 82.4 Å². The SMILES string of the molecule is COc1ccc(C(C)(C)CNS(=O)(=O)N(C)[C@@H](C)CC#N)cc1. The zero-order chi connectivity index (χ0) is 17.7. The molecule has 0 aliphatic rings. The van der Waals surface area contributed by atoms with Gasteiger partial charge in [0.15, 0.2) is 0 Å². The molecule has 1 aromatic carbocycles. The number of ether oxygens (including phenoxy) is 1. The first-order valence-electron chi connectivity index (χ1n) is 7.38. The minimum atomic E-state index is -3.63. The predicted octanol–water partition coefficient (Wildman–Crippen LogP) is 2.04. The predicted molar refractivity (Wildman–Crippen MR) is 90.4 cm³/mol. The Balaban J connectivity index is 2.79. The normalized spacial score (nSPS) is 13.6. The van der Waals surface area contributed by atoms with Gasteiger partial charge < -0.3 is 4.74 Å². The molecule has 0 bridgehead atoms. The summed E-state index contributed by atoms with van der Waals surface area (Å²) in [5.74, 6) is 0.759. The van der Waals surface area contributed by atoms with E-state index in [2.05, 4.69) is 4.72 Å². The average Bonchev–Trinajstić information content (AvgIpc) is 2.52. The Morgan fingerprint density at radius 3 is 2.39 bits per heavy atom. The van der Waals surface area contributed by atoms with Gasteiger partial charge in [-0.2, -0.15) is 18.0 Å². The summed E-state index contributed by atoms with van der Waals surface area (Å²) in [7, 11) is -0.548. The maximum absolute atomic E-state index is 12.3. The third-order valence-electron chi connectivity index (χ3n) is 3.95. The van der Waals surface area contributed by atoms with Gasteiger partial charge in [0.1, 0.15) is 5.75 Å². The molecule has 1 atom stereocenters. The number of benzene rings is 1. The molecule has 0 fully saturated rings. The zero-order valence-electron chi connectivity index (χ0n) is 14.3. The molecular formula is C16H25N3O3S. The van der Waals surface area contributed by atoms with Crippen molar-refractivity contribution in [1.29, 1.82) is 5.26 Å². The Morgan fingerprint density at radius 1 is 1.35 bits per heavy atom. The van der Waals surface area contributed by atoms with Crippen LogP contribution in [0.5, 0.6) is 5.75 Å². The molecule has 0 aliphatic heterocycles. The van der Waals surface area contributed by atoms with Crippen LogP contribution in [0.3, 0.4) is 0 Å². The van der Waals surface area contributed by atoms with E-state index >= 15 is 0 Å². The molecule has 23 heavy (non-hydrogen) atoms. The summed E-state index contributed by atoms with van der Waals surface area (Å²) >= 11 is 0. The van der Waals surface area contributed by atoms with Crippen molar-refractivity contribution >= 4 is 10.2 Å². The molecule has 0 spiro atoms. The number of nitriles is 1. The number of rotatable bonds is 8. The molecule has 7 heteroatoms. The van der Waals surface area contributed by atoms with Gasteiger partial charge in [0.05, 0.1) is 19.6 Å². The van der Waals surface area contributed by atoms with E-state index in [4.69, 9.17) is 10.00 Å². The molecule has 0 aliphatic carbocycles. The van der Waals surface area contributed by atoms with Crippen molar-refractivity contribution in [1.82, 2.24) is 9.03 Å². The fourth-order valence-corrected chi connectivity index (χ4v) is 3.31. The van der Waals surface area contributed by atoms with Gasteiger partial charge >= 0.3 is 0 Å². The number of hydrogen-bond donors (Lipinski definition) is 1. The first-order chi connectivity index (χ1) is 10.6. The van der Waals surface area contributed by atoms with E-state index in [1.54, 1.807) is 14.0 Å². The van der Waals surface area contributed by atoms with Gasteiger partial charge in [-0.15, -0.1) is 0 Å². The van der Waals surface area contributed by atoms with E-state index in [1.807, 2.05) is 44.2 Å². The lowest BCUT2D eigenvalue weighted by molar-refractivity contribution is 0.380. The van der Waals surface area contributed by atoms with E-state index in [1.165, 1.54) is 11.4 Å². The van der Waals surface area contributed by atoms with Crippen LogP contribution < -0.4 is 9.46 Å². The van der Waals surface area contributed by atoms with Crippen LogP contribution in [0, 0.1) is 11.3 Å². The van der Waals surface area contributed by atoms with Crippen molar-refractivity contribution in [3.05, 3.63) is 29.8 Å². The van der Waals surface area contributed by atoms with Crippen molar-refractivity contribution in [3.8, 4) is 11.8 Å². The molecule has 0 unspecified atom stereocenters. The van der Waals surface area contributed by atoms with Crippen LogP contribution in [0.15, 0.2) is 24.3 Å². The maximum Gasteiger partial charge on any atom is 0.279 e. The van der Waals surface area contributed by atoms with E-state index in [0.717, 1.165) is 11.3 Å². The second kappa shape index (κ2) is 7.77. The fourth-order valence-electron chi connectivity index (χ4n) is 2.02. The van der Waals surface area contributed by atoms with Crippen molar-refractivity contribution in [2.75, 3.05) is 20.7 Å². The van der Waals surface area contributed by atoms with Gasteiger partial charge in [0, 0.05) is 25.0 Å². The van der Waals surface area contributed by atoms with Crippen molar-refractivity contribution in [3.63, 3.8) is 0 Å². The molecule has 1 aromatic rings. The van der Waals surface area contributed by atoms with Gasteiger partial charge in [0.2, 0.25) is 0 Å². The molecule has 1 rings (SSSR count). The quantitative estimate of drug-likeness (QED) is 0.786. The van der Waals surface area contributed by atoms with Gasteiger partial charge in [-0.1, -0.05) is 26.0 Å². The van der Waals surface area contributed by atoms with Crippen LogP contribution in [0.4, 0.5) is 0 Å². The molecular weight excluding hydrogens is 314 g/mol.